The molecule has 0 aliphatic rings. The average Bonchev–Trinajstić information content (AvgIpc) is 2.47. The fourth-order valence-corrected chi connectivity index (χ4v) is 2.64. The van der Waals surface area contributed by atoms with Gasteiger partial charge in [0, 0.05) is 17.2 Å². The first-order chi connectivity index (χ1) is 9.66. The quantitative estimate of drug-likeness (QED) is 0.514. The largest absolute Gasteiger partial charge is 0.350 e. The van der Waals surface area contributed by atoms with Crippen LogP contribution in [0.25, 0.3) is 0 Å². The number of benzene rings is 1. The molecule has 3 nitrogen and oxygen atoms in total. The van der Waals surface area contributed by atoms with Crippen LogP contribution in [0.4, 0.5) is 0 Å². The van der Waals surface area contributed by atoms with Gasteiger partial charge in [0.15, 0.2) is 0 Å². The number of aromatic nitrogens is 1. The standard InChI is InChI=1S/C14H12Cl2N2OS/c15-11-6-7-12(16)18-13(11)14(19)17-8-9-20-10-4-2-1-3-5-10/h1-7H,8-9H2,(H,17,19). The summed E-state index contributed by atoms with van der Waals surface area (Å²) in [5, 5.41) is 3.31. The minimum absolute atomic E-state index is 0.156. The van der Waals surface area contributed by atoms with Gasteiger partial charge in [-0.05, 0) is 24.3 Å². The van der Waals surface area contributed by atoms with Gasteiger partial charge in [0.05, 0.1) is 5.02 Å². The van der Waals surface area contributed by atoms with Crippen LogP contribution in [0.5, 0.6) is 0 Å². The van der Waals surface area contributed by atoms with Gasteiger partial charge in [0.2, 0.25) is 0 Å². The van der Waals surface area contributed by atoms with Gasteiger partial charge in [-0.15, -0.1) is 11.8 Å². The molecule has 0 radical (unpaired) electrons. The number of nitrogens with zero attached hydrogens (tertiary/aromatic N) is 1. The van der Waals surface area contributed by atoms with Crippen LogP contribution in [0, 0.1) is 0 Å². The van der Waals surface area contributed by atoms with Crippen LogP contribution in [0.3, 0.4) is 0 Å². The third-order valence-corrected chi connectivity index (χ3v) is 3.96. The molecule has 1 heterocycles. The molecule has 1 aromatic carbocycles. The van der Waals surface area contributed by atoms with Crippen LogP contribution in [0.15, 0.2) is 47.4 Å². The number of amides is 1. The Kier molecular flexibility index (Phi) is 5.71. The lowest BCUT2D eigenvalue weighted by atomic mass is 10.3. The molecule has 6 heteroatoms. The number of halogens is 2. The second-order valence-corrected chi connectivity index (χ2v) is 5.84. The lowest BCUT2D eigenvalue weighted by molar-refractivity contribution is 0.0951. The van der Waals surface area contributed by atoms with Crippen molar-refractivity contribution in [3.05, 3.63) is 58.3 Å². The van der Waals surface area contributed by atoms with Gasteiger partial charge in [-0.3, -0.25) is 4.79 Å². The lowest BCUT2D eigenvalue weighted by Crippen LogP contribution is -2.26. The van der Waals surface area contributed by atoms with E-state index in [2.05, 4.69) is 10.3 Å². The normalized spacial score (nSPS) is 10.3. The molecule has 2 rings (SSSR count). The highest BCUT2D eigenvalue weighted by Gasteiger charge is 2.12. The van der Waals surface area contributed by atoms with Crippen molar-refractivity contribution in [2.45, 2.75) is 4.90 Å². The average molecular weight is 327 g/mol. The molecule has 1 N–H and O–H groups in total. The first-order valence-corrected chi connectivity index (χ1v) is 7.69. The molecule has 0 aliphatic carbocycles. The van der Waals surface area contributed by atoms with Crippen LogP contribution in [0.1, 0.15) is 10.5 Å². The summed E-state index contributed by atoms with van der Waals surface area (Å²) in [5.41, 5.74) is 0.156. The van der Waals surface area contributed by atoms with Crippen molar-refractivity contribution < 1.29 is 4.79 Å². The maximum atomic E-state index is 11.9. The van der Waals surface area contributed by atoms with Crippen molar-refractivity contribution in [1.29, 1.82) is 0 Å². The van der Waals surface area contributed by atoms with E-state index in [0.29, 0.717) is 11.6 Å². The zero-order valence-electron chi connectivity index (χ0n) is 10.5. The van der Waals surface area contributed by atoms with Gasteiger partial charge in [-0.25, -0.2) is 4.98 Å². The van der Waals surface area contributed by atoms with E-state index in [9.17, 15) is 4.79 Å². The summed E-state index contributed by atoms with van der Waals surface area (Å²) in [6, 6.07) is 13.1. The van der Waals surface area contributed by atoms with Gasteiger partial charge in [0.25, 0.3) is 5.91 Å². The molecule has 0 saturated heterocycles. The number of carbonyl (C=O) groups is 1. The van der Waals surface area contributed by atoms with Gasteiger partial charge in [-0.2, -0.15) is 0 Å². The molecule has 2 aromatic rings. The summed E-state index contributed by atoms with van der Waals surface area (Å²) in [4.78, 5) is 17.0. The first kappa shape index (κ1) is 15.2. The van der Waals surface area contributed by atoms with E-state index in [1.54, 1.807) is 23.9 Å². The van der Waals surface area contributed by atoms with Crippen molar-refractivity contribution in [2.24, 2.45) is 0 Å². The number of hydrogen-bond donors (Lipinski definition) is 1. The Morgan fingerprint density at radius 1 is 1.15 bits per heavy atom. The van der Waals surface area contributed by atoms with E-state index in [1.807, 2.05) is 30.3 Å². The van der Waals surface area contributed by atoms with Crippen molar-refractivity contribution in [3.8, 4) is 0 Å². The Hall–Kier alpha value is -1.23. The number of nitrogens with one attached hydrogen (secondary N) is 1. The lowest BCUT2D eigenvalue weighted by Gasteiger charge is -2.06. The third kappa shape index (κ3) is 4.40. The second kappa shape index (κ2) is 7.53. The van der Waals surface area contributed by atoms with Crippen LogP contribution >= 0.6 is 35.0 Å². The zero-order chi connectivity index (χ0) is 14.4. The molecule has 0 spiro atoms. The summed E-state index contributed by atoms with van der Waals surface area (Å²) < 4.78 is 0. The summed E-state index contributed by atoms with van der Waals surface area (Å²) in [6.07, 6.45) is 0. The van der Waals surface area contributed by atoms with E-state index >= 15 is 0 Å². The smallest absolute Gasteiger partial charge is 0.271 e. The number of carbonyl (C=O) groups excluding carboxylic acids is 1. The molecule has 20 heavy (non-hydrogen) atoms. The van der Waals surface area contributed by atoms with Crippen LogP contribution in [0.2, 0.25) is 10.2 Å². The number of hydrogen-bond acceptors (Lipinski definition) is 3. The summed E-state index contributed by atoms with van der Waals surface area (Å²) in [7, 11) is 0. The van der Waals surface area contributed by atoms with Gasteiger partial charge >= 0.3 is 0 Å². The van der Waals surface area contributed by atoms with Gasteiger partial charge < -0.3 is 5.32 Å². The monoisotopic (exact) mass is 326 g/mol. The van der Waals surface area contributed by atoms with Crippen molar-refractivity contribution in [2.75, 3.05) is 12.3 Å². The van der Waals surface area contributed by atoms with E-state index in [4.69, 9.17) is 23.2 Å². The number of thioether (sulfide) groups is 1. The highest BCUT2D eigenvalue weighted by molar-refractivity contribution is 7.99. The van der Waals surface area contributed by atoms with Crippen molar-refractivity contribution >= 4 is 40.9 Å². The summed E-state index contributed by atoms with van der Waals surface area (Å²) >= 11 is 13.3. The highest BCUT2D eigenvalue weighted by atomic mass is 35.5. The SMILES string of the molecule is O=C(NCCSc1ccccc1)c1nc(Cl)ccc1Cl. The Bertz CT molecular complexity index is 593. The Labute approximate surface area is 131 Å². The third-order valence-electron chi connectivity index (χ3n) is 2.43. The van der Waals surface area contributed by atoms with Gasteiger partial charge in [-0.1, -0.05) is 41.4 Å². The summed E-state index contributed by atoms with van der Waals surface area (Å²) in [6.45, 7) is 0.531. The maximum absolute atomic E-state index is 11.9. The van der Waals surface area contributed by atoms with Crippen molar-refractivity contribution in [3.63, 3.8) is 0 Å². The minimum atomic E-state index is -0.314. The summed E-state index contributed by atoms with van der Waals surface area (Å²) in [5.74, 6) is 0.458. The Morgan fingerprint density at radius 3 is 2.65 bits per heavy atom. The predicted molar refractivity (Wildman–Crippen MR) is 83.8 cm³/mol. The molecule has 0 saturated carbocycles. The zero-order valence-corrected chi connectivity index (χ0v) is 12.8. The second-order valence-electron chi connectivity index (χ2n) is 3.88. The first-order valence-electron chi connectivity index (χ1n) is 5.95. The van der Waals surface area contributed by atoms with E-state index < -0.39 is 0 Å². The molecule has 0 fully saturated rings. The molecule has 0 unspecified atom stereocenters. The molecule has 0 aliphatic heterocycles. The van der Waals surface area contributed by atoms with Crippen molar-refractivity contribution in [1.82, 2.24) is 10.3 Å². The molecular weight excluding hydrogens is 315 g/mol. The molecule has 104 valence electrons. The molecular formula is C14H12Cl2N2OS. The molecule has 1 aromatic heterocycles. The number of rotatable bonds is 5. The number of pyridine rings is 1. The Balaban J connectivity index is 1.82. The molecule has 0 atom stereocenters. The fourth-order valence-electron chi connectivity index (χ4n) is 1.51. The highest BCUT2D eigenvalue weighted by Crippen LogP contribution is 2.17. The molecule has 0 bridgehead atoms. The van der Waals surface area contributed by atoms with Crippen LogP contribution in [-0.4, -0.2) is 23.2 Å². The van der Waals surface area contributed by atoms with E-state index in [1.165, 1.54) is 4.90 Å². The van der Waals surface area contributed by atoms with Crippen LogP contribution in [-0.2, 0) is 0 Å². The topological polar surface area (TPSA) is 42.0 Å². The minimum Gasteiger partial charge on any atom is -0.350 e. The van der Waals surface area contributed by atoms with E-state index in [-0.39, 0.29) is 16.8 Å². The predicted octanol–water partition coefficient (Wildman–Crippen LogP) is 3.91. The molecule has 1 amide bonds. The van der Waals surface area contributed by atoms with Crippen LogP contribution < -0.4 is 5.32 Å². The Morgan fingerprint density at radius 2 is 1.90 bits per heavy atom. The maximum Gasteiger partial charge on any atom is 0.271 e. The van der Waals surface area contributed by atoms with E-state index in [0.717, 1.165) is 5.75 Å². The van der Waals surface area contributed by atoms with Gasteiger partial charge in [0.1, 0.15) is 10.8 Å². The fraction of sp³-hybridized carbons (Fsp3) is 0.143.